The van der Waals surface area contributed by atoms with Gasteiger partial charge in [0.25, 0.3) is 5.91 Å². The maximum atomic E-state index is 12.1. The third-order valence-electron chi connectivity index (χ3n) is 2.80. The van der Waals surface area contributed by atoms with E-state index in [1.54, 1.807) is 28.7 Å². The van der Waals surface area contributed by atoms with E-state index >= 15 is 0 Å². The summed E-state index contributed by atoms with van der Waals surface area (Å²) in [7, 11) is 0. The number of carbonyl (C=O) groups excluding carboxylic acids is 1. The Hall–Kier alpha value is -1.53. The molecule has 2 aromatic heterocycles. The van der Waals surface area contributed by atoms with E-state index < -0.39 is 0 Å². The minimum absolute atomic E-state index is 0.240. The molecule has 2 heterocycles. The minimum atomic E-state index is -0.240. The second-order valence-corrected chi connectivity index (χ2v) is 5.06. The number of carbonyl (C=O) groups is 1. The Morgan fingerprint density at radius 1 is 1.45 bits per heavy atom. The summed E-state index contributed by atoms with van der Waals surface area (Å²) in [5, 5.41) is 12.0. The van der Waals surface area contributed by atoms with Crippen LogP contribution in [0.5, 0.6) is 0 Å². The van der Waals surface area contributed by atoms with Gasteiger partial charge in [-0.3, -0.25) is 14.2 Å². The number of rotatable bonds is 5. The van der Waals surface area contributed by atoms with Gasteiger partial charge in [0.2, 0.25) is 0 Å². The van der Waals surface area contributed by atoms with Gasteiger partial charge in [0.1, 0.15) is 5.69 Å². The first kappa shape index (κ1) is 14.9. The lowest BCUT2D eigenvalue weighted by molar-refractivity contribution is 0.0941. The highest BCUT2D eigenvalue weighted by atomic mass is 35.5. The summed E-state index contributed by atoms with van der Waals surface area (Å²) in [4.78, 5) is 12.1. The van der Waals surface area contributed by atoms with Crippen molar-refractivity contribution < 1.29 is 4.79 Å². The maximum absolute atomic E-state index is 12.1. The summed E-state index contributed by atoms with van der Waals surface area (Å²) in [6.45, 7) is 5.24. The highest BCUT2D eigenvalue weighted by Gasteiger charge is 2.19. The third-order valence-corrected chi connectivity index (χ3v) is 3.44. The quantitative estimate of drug-likeness (QED) is 0.919. The van der Waals surface area contributed by atoms with Crippen molar-refractivity contribution in [2.75, 3.05) is 6.54 Å². The van der Waals surface area contributed by atoms with Crippen LogP contribution in [0.2, 0.25) is 10.0 Å². The largest absolute Gasteiger partial charge is 0.349 e. The van der Waals surface area contributed by atoms with Crippen molar-refractivity contribution in [2.24, 2.45) is 0 Å². The van der Waals surface area contributed by atoms with E-state index in [0.717, 1.165) is 0 Å². The molecule has 0 saturated carbocycles. The zero-order valence-electron chi connectivity index (χ0n) is 11.2. The summed E-state index contributed by atoms with van der Waals surface area (Å²) in [5.41, 5.74) is 1.04. The van der Waals surface area contributed by atoms with Crippen LogP contribution < -0.4 is 5.32 Å². The molecule has 0 atom stereocenters. The lowest BCUT2D eigenvalue weighted by Gasteiger charge is -2.07. The zero-order valence-corrected chi connectivity index (χ0v) is 12.7. The number of aryl methyl sites for hydroxylation is 2. The van der Waals surface area contributed by atoms with Crippen molar-refractivity contribution in [1.29, 1.82) is 0 Å². The van der Waals surface area contributed by atoms with Crippen LogP contribution in [-0.2, 0) is 13.1 Å². The predicted octanol–water partition coefficient (Wildman–Crippen LogP) is 2.14. The van der Waals surface area contributed by atoms with Crippen LogP contribution in [0.25, 0.3) is 0 Å². The Labute approximate surface area is 126 Å². The average molecular weight is 316 g/mol. The van der Waals surface area contributed by atoms with E-state index in [1.807, 2.05) is 6.92 Å². The molecule has 6 nitrogen and oxygen atoms in total. The summed E-state index contributed by atoms with van der Waals surface area (Å²) in [6, 6.07) is 0. The Morgan fingerprint density at radius 3 is 2.80 bits per heavy atom. The van der Waals surface area contributed by atoms with Crippen LogP contribution >= 0.6 is 23.2 Å². The predicted molar refractivity (Wildman–Crippen MR) is 77.2 cm³/mol. The SMILES string of the molecule is CCn1nc(C)c(Cl)c1C(=O)NCCn1cc(Cl)cn1. The minimum Gasteiger partial charge on any atom is -0.349 e. The van der Waals surface area contributed by atoms with Gasteiger partial charge in [-0.2, -0.15) is 10.2 Å². The number of hydrogen-bond acceptors (Lipinski definition) is 3. The number of nitrogens with zero attached hydrogens (tertiary/aromatic N) is 4. The first-order valence-corrected chi connectivity index (χ1v) is 6.97. The van der Waals surface area contributed by atoms with Crippen LogP contribution in [0.15, 0.2) is 12.4 Å². The van der Waals surface area contributed by atoms with Gasteiger partial charge in [-0.05, 0) is 13.8 Å². The summed E-state index contributed by atoms with van der Waals surface area (Å²) >= 11 is 11.9. The van der Waals surface area contributed by atoms with Crippen molar-refractivity contribution in [3.63, 3.8) is 0 Å². The molecule has 1 amide bonds. The van der Waals surface area contributed by atoms with E-state index in [4.69, 9.17) is 23.2 Å². The van der Waals surface area contributed by atoms with Crippen molar-refractivity contribution in [3.05, 3.63) is 33.8 Å². The Morgan fingerprint density at radius 2 is 2.20 bits per heavy atom. The molecule has 0 aliphatic carbocycles. The van der Waals surface area contributed by atoms with Gasteiger partial charge in [-0.25, -0.2) is 0 Å². The van der Waals surface area contributed by atoms with Crippen LogP contribution in [0, 0.1) is 6.92 Å². The second-order valence-electron chi connectivity index (χ2n) is 4.24. The lowest BCUT2D eigenvalue weighted by Crippen LogP contribution is -2.29. The van der Waals surface area contributed by atoms with Gasteiger partial charge >= 0.3 is 0 Å². The molecule has 1 N–H and O–H groups in total. The third kappa shape index (κ3) is 3.13. The average Bonchev–Trinajstić information content (AvgIpc) is 2.94. The summed E-state index contributed by atoms with van der Waals surface area (Å²) in [5.74, 6) is -0.240. The molecule has 0 aliphatic rings. The van der Waals surface area contributed by atoms with Gasteiger partial charge in [0, 0.05) is 19.3 Å². The summed E-state index contributed by atoms with van der Waals surface area (Å²) < 4.78 is 3.25. The van der Waals surface area contributed by atoms with E-state index in [9.17, 15) is 4.79 Å². The molecule has 0 aliphatic heterocycles. The zero-order chi connectivity index (χ0) is 14.7. The normalized spacial score (nSPS) is 10.8. The second kappa shape index (κ2) is 6.28. The van der Waals surface area contributed by atoms with Crippen molar-refractivity contribution in [1.82, 2.24) is 24.9 Å². The van der Waals surface area contributed by atoms with Gasteiger partial charge in [-0.15, -0.1) is 0 Å². The van der Waals surface area contributed by atoms with Crippen LogP contribution in [0.3, 0.4) is 0 Å². The highest BCUT2D eigenvalue weighted by Crippen LogP contribution is 2.19. The van der Waals surface area contributed by atoms with Gasteiger partial charge < -0.3 is 5.32 Å². The fourth-order valence-electron chi connectivity index (χ4n) is 1.83. The fourth-order valence-corrected chi connectivity index (χ4v) is 2.21. The Balaban J connectivity index is 1.98. The standard InChI is InChI=1S/C12H15Cl2N5O/c1-3-19-11(10(14)8(2)17-19)12(20)15-4-5-18-7-9(13)6-16-18/h6-7H,3-5H2,1-2H3,(H,15,20). The van der Waals surface area contributed by atoms with Crippen molar-refractivity contribution in [3.8, 4) is 0 Å². The number of nitrogens with one attached hydrogen (secondary N) is 1. The fraction of sp³-hybridized carbons (Fsp3) is 0.417. The molecule has 0 saturated heterocycles. The molecule has 0 radical (unpaired) electrons. The number of amides is 1. The molecule has 0 bridgehead atoms. The molecule has 108 valence electrons. The van der Waals surface area contributed by atoms with Gasteiger partial charge in [0.05, 0.1) is 28.5 Å². The highest BCUT2D eigenvalue weighted by molar-refractivity contribution is 6.34. The molecule has 0 unspecified atom stereocenters. The Kier molecular flexibility index (Phi) is 4.67. The molecular formula is C12H15Cl2N5O. The first-order chi connectivity index (χ1) is 9.52. The topological polar surface area (TPSA) is 64.7 Å². The lowest BCUT2D eigenvalue weighted by atomic mass is 10.3. The van der Waals surface area contributed by atoms with Crippen LogP contribution in [0.1, 0.15) is 23.1 Å². The number of halogens is 2. The van der Waals surface area contributed by atoms with E-state index in [-0.39, 0.29) is 5.91 Å². The van der Waals surface area contributed by atoms with Crippen molar-refractivity contribution >= 4 is 29.1 Å². The van der Waals surface area contributed by atoms with Gasteiger partial charge in [-0.1, -0.05) is 23.2 Å². The molecular weight excluding hydrogens is 301 g/mol. The Bertz CT molecular complexity index is 619. The maximum Gasteiger partial charge on any atom is 0.271 e. The smallest absolute Gasteiger partial charge is 0.271 e. The van der Waals surface area contributed by atoms with Crippen molar-refractivity contribution in [2.45, 2.75) is 26.9 Å². The number of aromatic nitrogens is 4. The van der Waals surface area contributed by atoms with E-state index in [1.165, 1.54) is 0 Å². The van der Waals surface area contributed by atoms with Crippen LogP contribution in [-0.4, -0.2) is 32.0 Å². The molecule has 8 heteroatoms. The molecule has 2 rings (SSSR count). The van der Waals surface area contributed by atoms with E-state index in [0.29, 0.717) is 41.1 Å². The monoisotopic (exact) mass is 315 g/mol. The number of hydrogen-bond donors (Lipinski definition) is 1. The molecule has 0 fully saturated rings. The molecule has 0 spiro atoms. The van der Waals surface area contributed by atoms with E-state index in [2.05, 4.69) is 15.5 Å². The molecule has 2 aromatic rings. The molecule has 0 aromatic carbocycles. The molecule has 20 heavy (non-hydrogen) atoms. The summed E-state index contributed by atoms with van der Waals surface area (Å²) in [6.07, 6.45) is 3.25. The van der Waals surface area contributed by atoms with Gasteiger partial charge in [0.15, 0.2) is 0 Å². The first-order valence-electron chi connectivity index (χ1n) is 6.22. The van der Waals surface area contributed by atoms with Crippen LogP contribution in [0.4, 0.5) is 0 Å².